The van der Waals surface area contributed by atoms with Crippen molar-refractivity contribution >= 4 is 29.7 Å². The quantitative estimate of drug-likeness (QED) is 0.277. The Morgan fingerprint density at radius 2 is 1.80 bits per heavy atom. The van der Waals surface area contributed by atoms with Gasteiger partial charge in [-0.05, 0) is 66.1 Å². The molecule has 2 aliphatic rings. The molecule has 4 aromatic rings. The number of ether oxygens (including phenoxy) is 1. The number of piperazine rings is 1. The number of rotatable bonds is 8. The van der Waals surface area contributed by atoms with Crippen LogP contribution in [-0.4, -0.2) is 66.5 Å². The Bertz CT molecular complexity index is 1600. The van der Waals surface area contributed by atoms with E-state index < -0.39 is 0 Å². The number of hydrogen-bond acceptors (Lipinski definition) is 4. The lowest BCUT2D eigenvalue weighted by atomic mass is 9.93. The highest BCUT2D eigenvalue weighted by molar-refractivity contribution is 6.01. The molecule has 7 nitrogen and oxygen atoms in total. The van der Waals surface area contributed by atoms with Crippen LogP contribution >= 0.6 is 12.4 Å². The van der Waals surface area contributed by atoms with Crippen LogP contribution in [0.2, 0.25) is 0 Å². The Morgan fingerprint density at radius 1 is 1.02 bits per heavy atom. The van der Waals surface area contributed by atoms with Crippen LogP contribution in [0.4, 0.5) is 4.39 Å². The molecule has 2 fully saturated rings. The van der Waals surface area contributed by atoms with Crippen molar-refractivity contribution in [2.75, 3.05) is 39.4 Å². The average Bonchev–Trinajstić information content (AvgIpc) is 3.36. The van der Waals surface area contributed by atoms with Crippen LogP contribution in [0.1, 0.15) is 46.4 Å². The molecule has 1 atom stereocenters. The van der Waals surface area contributed by atoms with Crippen LogP contribution in [0.25, 0.3) is 16.6 Å². The Labute approximate surface area is 264 Å². The molecule has 2 aromatic heterocycles. The van der Waals surface area contributed by atoms with Gasteiger partial charge in [0.25, 0.3) is 5.91 Å². The molecule has 6 rings (SSSR count). The zero-order valence-electron chi connectivity index (χ0n) is 25.1. The Balaban J connectivity index is 0.00000384. The van der Waals surface area contributed by atoms with Gasteiger partial charge in [0.2, 0.25) is 5.91 Å². The number of benzene rings is 2. The number of carbonyl (C=O) groups is 2. The van der Waals surface area contributed by atoms with Crippen molar-refractivity contribution in [3.8, 4) is 11.1 Å². The molecule has 0 radical (unpaired) electrons. The summed E-state index contributed by atoms with van der Waals surface area (Å²) in [7, 11) is 0. The minimum absolute atomic E-state index is 0. The van der Waals surface area contributed by atoms with Gasteiger partial charge in [-0.25, -0.2) is 4.39 Å². The SMILES string of the molecule is Cc1c(F)cccc1Cc1c(-c2ccccc2)c2ccccn2c1C(=O)N1CCNC(CC(=O)NCC2CCOCC2)C1.Cl. The fourth-order valence-electron chi connectivity index (χ4n) is 6.43. The highest BCUT2D eigenvalue weighted by Gasteiger charge is 2.31. The summed E-state index contributed by atoms with van der Waals surface area (Å²) in [6, 6.07) is 21.0. The predicted octanol–water partition coefficient (Wildman–Crippen LogP) is 5.41. The molecule has 44 heavy (non-hydrogen) atoms. The number of halogens is 2. The smallest absolute Gasteiger partial charge is 0.271 e. The van der Waals surface area contributed by atoms with E-state index in [0.29, 0.717) is 56.2 Å². The molecular formula is C35H40ClFN4O3. The van der Waals surface area contributed by atoms with E-state index in [1.807, 2.05) is 58.0 Å². The first-order chi connectivity index (χ1) is 21.0. The lowest BCUT2D eigenvalue weighted by Crippen LogP contribution is -2.54. The van der Waals surface area contributed by atoms with Gasteiger partial charge >= 0.3 is 0 Å². The summed E-state index contributed by atoms with van der Waals surface area (Å²) in [4.78, 5) is 29.2. The molecule has 2 saturated heterocycles. The van der Waals surface area contributed by atoms with E-state index in [1.165, 1.54) is 6.07 Å². The second-order valence-corrected chi connectivity index (χ2v) is 11.7. The van der Waals surface area contributed by atoms with Gasteiger partial charge in [0.05, 0.1) is 5.52 Å². The summed E-state index contributed by atoms with van der Waals surface area (Å²) in [6.07, 6.45) is 4.60. The monoisotopic (exact) mass is 618 g/mol. The lowest BCUT2D eigenvalue weighted by molar-refractivity contribution is -0.122. The van der Waals surface area contributed by atoms with E-state index in [0.717, 1.165) is 53.8 Å². The normalized spacial score (nSPS) is 17.3. The van der Waals surface area contributed by atoms with Gasteiger partial charge in [-0.2, -0.15) is 0 Å². The minimum atomic E-state index is -0.254. The molecule has 0 bridgehead atoms. The zero-order chi connectivity index (χ0) is 29.8. The number of hydrogen-bond donors (Lipinski definition) is 2. The predicted molar refractivity (Wildman–Crippen MR) is 173 cm³/mol. The largest absolute Gasteiger partial charge is 0.381 e. The van der Waals surface area contributed by atoms with Crippen LogP contribution in [0.5, 0.6) is 0 Å². The second-order valence-electron chi connectivity index (χ2n) is 11.7. The number of nitrogens with one attached hydrogen (secondary N) is 2. The molecule has 0 aliphatic carbocycles. The highest BCUT2D eigenvalue weighted by atomic mass is 35.5. The molecule has 232 valence electrons. The van der Waals surface area contributed by atoms with Crippen LogP contribution < -0.4 is 10.6 Å². The van der Waals surface area contributed by atoms with Gasteiger partial charge in [-0.3, -0.25) is 9.59 Å². The van der Waals surface area contributed by atoms with Gasteiger partial charge in [0, 0.05) is 70.0 Å². The first-order valence-electron chi connectivity index (χ1n) is 15.3. The standard InChI is InChI=1S/C35H39FN4O3.ClH/c1-24-27(10-7-11-30(24)36)20-29-33(26-8-3-2-4-9-26)31-12-5-6-16-40(31)34(29)35(42)39-17-15-37-28(23-39)21-32(41)38-22-25-13-18-43-19-14-25;/h2-12,16,25,28,37H,13-15,17-23H2,1H3,(H,38,41);1H. The highest BCUT2D eigenvalue weighted by Crippen LogP contribution is 2.36. The third-order valence-corrected chi connectivity index (χ3v) is 8.86. The average molecular weight is 619 g/mol. The van der Waals surface area contributed by atoms with Gasteiger partial charge < -0.3 is 24.7 Å². The van der Waals surface area contributed by atoms with Crippen LogP contribution in [0, 0.1) is 18.7 Å². The number of carbonyl (C=O) groups excluding carboxylic acids is 2. The first kappa shape index (κ1) is 31.7. The third-order valence-electron chi connectivity index (χ3n) is 8.86. The molecule has 1 unspecified atom stereocenters. The van der Waals surface area contributed by atoms with E-state index in [1.54, 1.807) is 13.0 Å². The molecule has 0 saturated carbocycles. The molecule has 9 heteroatoms. The van der Waals surface area contributed by atoms with Crippen LogP contribution in [0.3, 0.4) is 0 Å². The van der Waals surface area contributed by atoms with Crippen LogP contribution in [-0.2, 0) is 16.0 Å². The van der Waals surface area contributed by atoms with E-state index >= 15 is 0 Å². The van der Waals surface area contributed by atoms with Gasteiger partial charge in [-0.15, -0.1) is 12.4 Å². The Kier molecular flexibility index (Phi) is 10.4. The topological polar surface area (TPSA) is 75.1 Å². The van der Waals surface area contributed by atoms with Crippen molar-refractivity contribution in [1.82, 2.24) is 19.9 Å². The summed E-state index contributed by atoms with van der Waals surface area (Å²) in [5, 5.41) is 6.53. The minimum Gasteiger partial charge on any atom is -0.381 e. The molecule has 2 aliphatic heterocycles. The Hall–Kier alpha value is -3.72. The van der Waals surface area contributed by atoms with Crippen LogP contribution in [0.15, 0.2) is 72.9 Å². The van der Waals surface area contributed by atoms with Gasteiger partial charge in [0.1, 0.15) is 11.5 Å². The van der Waals surface area contributed by atoms with E-state index in [2.05, 4.69) is 22.8 Å². The van der Waals surface area contributed by atoms with Gasteiger partial charge in [0.15, 0.2) is 0 Å². The second kappa shape index (κ2) is 14.4. The summed E-state index contributed by atoms with van der Waals surface area (Å²) >= 11 is 0. The molecule has 2 amide bonds. The fraction of sp³-hybridized carbons (Fsp3) is 0.371. The molecule has 0 spiro atoms. The van der Waals surface area contributed by atoms with Crippen molar-refractivity contribution in [3.05, 3.63) is 101 Å². The Morgan fingerprint density at radius 3 is 2.59 bits per heavy atom. The number of fused-ring (bicyclic) bond motifs is 1. The maximum Gasteiger partial charge on any atom is 0.271 e. The number of aromatic nitrogens is 1. The summed E-state index contributed by atoms with van der Waals surface area (Å²) in [5.74, 6) is 0.119. The molecule has 4 heterocycles. The van der Waals surface area contributed by atoms with E-state index in [9.17, 15) is 14.0 Å². The summed E-state index contributed by atoms with van der Waals surface area (Å²) in [6.45, 7) is 5.54. The number of amides is 2. The maximum absolute atomic E-state index is 14.6. The van der Waals surface area contributed by atoms with Gasteiger partial charge in [-0.1, -0.05) is 48.5 Å². The zero-order valence-corrected chi connectivity index (χ0v) is 25.9. The molecular weight excluding hydrogens is 579 g/mol. The summed E-state index contributed by atoms with van der Waals surface area (Å²) in [5.41, 5.74) is 5.81. The van der Waals surface area contributed by atoms with E-state index in [-0.39, 0.29) is 36.1 Å². The maximum atomic E-state index is 14.6. The fourth-order valence-corrected chi connectivity index (χ4v) is 6.43. The van der Waals surface area contributed by atoms with E-state index in [4.69, 9.17) is 4.74 Å². The molecule has 2 N–H and O–H groups in total. The van der Waals surface area contributed by atoms with Crippen molar-refractivity contribution in [1.29, 1.82) is 0 Å². The first-order valence-corrected chi connectivity index (χ1v) is 15.3. The number of nitrogens with zero attached hydrogens (tertiary/aromatic N) is 2. The van der Waals surface area contributed by atoms with Crippen molar-refractivity contribution in [2.45, 2.75) is 38.6 Å². The lowest BCUT2D eigenvalue weighted by Gasteiger charge is -2.34. The van der Waals surface area contributed by atoms with Crippen molar-refractivity contribution < 1.29 is 18.7 Å². The van der Waals surface area contributed by atoms with Crippen molar-refractivity contribution in [2.24, 2.45) is 5.92 Å². The van der Waals surface area contributed by atoms with Crippen molar-refractivity contribution in [3.63, 3.8) is 0 Å². The number of pyridine rings is 1. The molecule has 2 aromatic carbocycles. The summed E-state index contributed by atoms with van der Waals surface area (Å²) < 4.78 is 22.0. The third kappa shape index (κ3) is 6.83.